The van der Waals surface area contributed by atoms with Crippen LogP contribution in [-0.2, 0) is 11.2 Å². The average molecular weight is 210 g/mol. The lowest BCUT2D eigenvalue weighted by molar-refractivity contribution is 0.0995. The zero-order chi connectivity index (χ0) is 11.4. The number of nitrogens with zero attached hydrogens (tertiary/aromatic N) is 2. The zero-order valence-electron chi connectivity index (χ0n) is 9.78. The minimum atomic E-state index is 0.0464. The van der Waals surface area contributed by atoms with E-state index in [1.807, 2.05) is 18.4 Å². The van der Waals surface area contributed by atoms with E-state index in [1.165, 1.54) is 0 Å². The van der Waals surface area contributed by atoms with Crippen molar-refractivity contribution in [2.75, 3.05) is 13.7 Å². The van der Waals surface area contributed by atoms with Gasteiger partial charge in [-0.1, -0.05) is 6.92 Å². The number of hydrogen-bond acceptors (Lipinski definition) is 3. The largest absolute Gasteiger partial charge is 0.383 e. The molecule has 15 heavy (non-hydrogen) atoms. The van der Waals surface area contributed by atoms with E-state index in [1.54, 1.807) is 20.2 Å². The average Bonchev–Trinajstić information content (AvgIpc) is 2.61. The lowest BCUT2D eigenvalue weighted by Crippen LogP contribution is -2.18. The molecule has 0 saturated carbocycles. The van der Waals surface area contributed by atoms with Crippen LogP contribution in [0.4, 0.5) is 0 Å². The summed E-state index contributed by atoms with van der Waals surface area (Å²) in [5.74, 6) is 0.981. The van der Waals surface area contributed by atoms with E-state index in [2.05, 4.69) is 4.98 Å². The van der Waals surface area contributed by atoms with Crippen LogP contribution in [0.5, 0.6) is 0 Å². The maximum Gasteiger partial charge on any atom is 0.177 e. The van der Waals surface area contributed by atoms with E-state index < -0.39 is 0 Å². The molecule has 0 aliphatic rings. The number of imidazole rings is 1. The molecule has 1 atom stereocenters. The third kappa shape index (κ3) is 2.45. The first kappa shape index (κ1) is 11.9. The second-order valence-corrected chi connectivity index (χ2v) is 3.64. The second kappa shape index (κ2) is 5.07. The fraction of sp³-hybridized carbons (Fsp3) is 0.636. The third-order valence-corrected chi connectivity index (χ3v) is 2.40. The Morgan fingerprint density at radius 3 is 2.80 bits per heavy atom. The van der Waals surface area contributed by atoms with Crippen LogP contribution in [0.25, 0.3) is 0 Å². The molecule has 1 heterocycles. The van der Waals surface area contributed by atoms with Crippen LogP contribution in [0.1, 0.15) is 43.1 Å². The predicted octanol–water partition coefficient (Wildman–Crippen LogP) is 1.86. The highest BCUT2D eigenvalue weighted by atomic mass is 16.5. The monoisotopic (exact) mass is 210 g/mol. The summed E-state index contributed by atoms with van der Waals surface area (Å²) >= 11 is 0. The minimum absolute atomic E-state index is 0.0464. The number of ether oxygens (including phenoxy) is 1. The number of methoxy groups -OCH3 is 1. The van der Waals surface area contributed by atoms with Crippen LogP contribution < -0.4 is 0 Å². The van der Waals surface area contributed by atoms with Gasteiger partial charge in [0.1, 0.15) is 11.5 Å². The molecular weight excluding hydrogens is 192 g/mol. The van der Waals surface area contributed by atoms with Crippen LogP contribution in [0, 0.1) is 0 Å². The summed E-state index contributed by atoms with van der Waals surface area (Å²) in [4.78, 5) is 15.6. The molecular formula is C11H18N2O2. The van der Waals surface area contributed by atoms with Gasteiger partial charge < -0.3 is 9.30 Å². The number of aryl methyl sites for hydroxylation is 1. The molecule has 0 spiro atoms. The van der Waals surface area contributed by atoms with Gasteiger partial charge in [0, 0.05) is 20.5 Å². The first-order valence-corrected chi connectivity index (χ1v) is 5.17. The molecule has 0 aliphatic carbocycles. The van der Waals surface area contributed by atoms with E-state index in [9.17, 15) is 4.79 Å². The van der Waals surface area contributed by atoms with Crippen LogP contribution in [0.2, 0.25) is 0 Å². The fourth-order valence-corrected chi connectivity index (χ4v) is 1.73. The van der Waals surface area contributed by atoms with Gasteiger partial charge in [-0.2, -0.15) is 0 Å². The topological polar surface area (TPSA) is 44.1 Å². The maximum atomic E-state index is 11.4. The third-order valence-electron chi connectivity index (χ3n) is 2.40. The summed E-state index contributed by atoms with van der Waals surface area (Å²) < 4.78 is 7.07. The van der Waals surface area contributed by atoms with Crippen molar-refractivity contribution in [3.63, 3.8) is 0 Å². The quantitative estimate of drug-likeness (QED) is 0.697. The molecule has 0 aromatic carbocycles. The van der Waals surface area contributed by atoms with Crippen molar-refractivity contribution in [2.24, 2.45) is 0 Å². The molecule has 0 fully saturated rings. The molecule has 0 aliphatic heterocycles. The fourth-order valence-electron chi connectivity index (χ4n) is 1.73. The Balaban J connectivity index is 3.09. The molecule has 0 bridgehead atoms. The van der Waals surface area contributed by atoms with Gasteiger partial charge in [-0.15, -0.1) is 0 Å². The van der Waals surface area contributed by atoms with Crippen molar-refractivity contribution in [3.8, 4) is 0 Å². The number of hydrogen-bond donors (Lipinski definition) is 0. The van der Waals surface area contributed by atoms with Crippen molar-refractivity contribution < 1.29 is 9.53 Å². The van der Waals surface area contributed by atoms with Crippen LogP contribution in [-0.4, -0.2) is 29.1 Å². The summed E-state index contributed by atoms with van der Waals surface area (Å²) in [6, 6.07) is 0.145. The highest BCUT2D eigenvalue weighted by molar-refractivity contribution is 5.92. The summed E-state index contributed by atoms with van der Waals surface area (Å²) in [5, 5.41) is 0. The normalized spacial score (nSPS) is 12.8. The van der Waals surface area contributed by atoms with Gasteiger partial charge >= 0.3 is 0 Å². The smallest absolute Gasteiger partial charge is 0.177 e. The number of ketones is 1. The lowest BCUT2D eigenvalue weighted by atomic mass is 10.2. The maximum absolute atomic E-state index is 11.4. The molecule has 1 aromatic heterocycles. The lowest BCUT2D eigenvalue weighted by Gasteiger charge is -2.17. The minimum Gasteiger partial charge on any atom is -0.383 e. The first-order valence-electron chi connectivity index (χ1n) is 5.17. The Morgan fingerprint density at radius 2 is 2.33 bits per heavy atom. The Labute approximate surface area is 90.3 Å². The Bertz CT molecular complexity index is 344. The van der Waals surface area contributed by atoms with Gasteiger partial charge in [0.25, 0.3) is 0 Å². The van der Waals surface area contributed by atoms with E-state index in [-0.39, 0.29) is 11.8 Å². The van der Waals surface area contributed by atoms with Gasteiger partial charge in [-0.05, 0) is 6.92 Å². The standard InChI is InChI=1S/C11H18N2O2/c1-5-11-12-6-10(9(3)14)13(11)8(2)7-15-4/h6,8H,5,7H2,1-4H3. The van der Waals surface area contributed by atoms with Gasteiger partial charge in [0.15, 0.2) is 5.78 Å². The summed E-state index contributed by atoms with van der Waals surface area (Å²) in [6.45, 7) is 6.20. The number of Topliss-reactive ketones (excluding diaryl/α,β-unsaturated/α-hetero) is 1. The van der Waals surface area contributed by atoms with Gasteiger partial charge in [-0.3, -0.25) is 4.79 Å². The number of carbonyl (C=O) groups excluding carboxylic acids is 1. The predicted molar refractivity (Wildman–Crippen MR) is 58.2 cm³/mol. The summed E-state index contributed by atoms with van der Waals surface area (Å²) in [5.41, 5.74) is 0.663. The Hall–Kier alpha value is -1.16. The molecule has 1 aromatic rings. The van der Waals surface area contributed by atoms with Crippen molar-refractivity contribution >= 4 is 5.78 Å². The first-order chi connectivity index (χ1) is 7.11. The van der Waals surface area contributed by atoms with Crippen molar-refractivity contribution in [3.05, 3.63) is 17.7 Å². The molecule has 1 rings (SSSR count). The molecule has 0 radical (unpaired) electrons. The Kier molecular flexibility index (Phi) is 4.03. The van der Waals surface area contributed by atoms with Crippen LogP contribution in [0.15, 0.2) is 6.20 Å². The van der Waals surface area contributed by atoms with Crippen molar-refractivity contribution in [2.45, 2.75) is 33.2 Å². The molecule has 4 heteroatoms. The van der Waals surface area contributed by atoms with E-state index in [0.29, 0.717) is 12.3 Å². The Morgan fingerprint density at radius 1 is 1.67 bits per heavy atom. The second-order valence-electron chi connectivity index (χ2n) is 3.64. The molecule has 4 nitrogen and oxygen atoms in total. The highest BCUT2D eigenvalue weighted by Crippen LogP contribution is 2.15. The highest BCUT2D eigenvalue weighted by Gasteiger charge is 2.16. The van der Waals surface area contributed by atoms with Crippen LogP contribution >= 0.6 is 0 Å². The SMILES string of the molecule is CCc1ncc(C(C)=O)n1C(C)COC. The molecule has 0 N–H and O–H groups in total. The number of aromatic nitrogens is 2. The molecule has 0 amide bonds. The number of rotatable bonds is 5. The van der Waals surface area contributed by atoms with E-state index >= 15 is 0 Å². The zero-order valence-corrected chi connectivity index (χ0v) is 9.78. The van der Waals surface area contributed by atoms with Gasteiger partial charge in [-0.25, -0.2) is 4.98 Å². The van der Waals surface area contributed by atoms with Gasteiger partial charge in [0.2, 0.25) is 0 Å². The van der Waals surface area contributed by atoms with Gasteiger partial charge in [0.05, 0.1) is 18.8 Å². The van der Waals surface area contributed by atoms with E-state index in [4.69, 9.17) is 4.74 Å². The molecule has 0 saturated heterocycles. The molecule has 1 unspecified atom stereocenters. The van der Waals surface area contributed by atoms with Crippen molar-refractivity contribution in [1.29, 1.82) is 0 Å². The summed E-state index contributed by atoms with van der Waals surface area (Å²) in [7, 11) is 1.66. The summed E-state index contributed by atoms with van der Waals surface area (Å²) in [6.07, 6.45) is 2.47. The van der Waals surface area contributed by atoms with E-state index in [0.717, 1.165) is 12.2 Å². The molecule has 84 valence electrons. The van der Waals surface area contributed by atoms with Crippen molar-refractivity contribution in [1.82, 2.24) is 9.55 Å². The number of carbonyl (C=O) groups is 1. The van der Waals surface area contributed by atoms with Crippen LogP contribution in [0.3, 0.4) is 0 Å².